The standard InChI is InChI=1S/C10H16O/c1-2-5-11-10-7-8-3-4-9(10)6-8/h3-4,8-10H,2,5-7H2,1H3. The number of hydrogen-bond donors (Lipinski definition) is 0. The van der Waals surface area contributed by atoms with Crippen molar-refractivity contribution in [3.63, 3.8) is 0 Å². The summed E-state index contributed by atoms with van der Waals surface area (Å²) in [4.78, 5) is 0. The van der Waals surface area contributed by atoms with Crippen LogP contribution in [0.5, 0.6) is 0 Å². The topological polar surface area (TPSA) is 9.23 Å². The van der Waals surface area contributed by atoms with Crippen LogP contribution in [0.1, 0.15) is 26.2 Å². The number of fused-ring (bicyclic) bond motifs is 2. The fourth-order valence-corrected chi connectivity index (χ4v) is 2.19. The first-order chi connectivity index (χ1) is 5.40. The van der Waals surface area contributed by atoms with Crippen LogP contribution >= 0.6 is 0 Å². The molecule has 0 N–H and O–H groups in total. The van der Waals surface area contributed by atoms with Crippen LogP contribution in [0.4, 0.5) is 0 Å². The summed E-state index contributed by atoms with van der Waals surface area (Å²) in [5, 5.41) is 0. The zero-order chi connectivity index (χ0) is 7.68. The molecular weight excluding hydrogens is 136 g/mol. The average molecular weight is 152 g/mol. The van der Waals surface area contributed by atoms with E-state index in [2.05, 4.69) is 19.1 Å². The van der Waals surface area contributed by atoms with E-state index in [1.807, 2.05) is 0 Å². The predicted octanol–water partition coefficient (Wildman–Crippen LogP) is 2.38. The Kier molecular flexibility index (Phi) is 1.99. The molecule has 1 heteroatoms. The fourth-order valence-electron chi connectivity index (χ4n) is 2.19. The molecule has 2 rings (SSSR count). The minimum atomic E-state index is 0.560. The Morgan fingerprint density at radius 1 is 1.36 bits per heavy atom. The first kappa shape index (κ1) is 7.35. The lowest BCUT2D eigenvalue weighted by atomic mass is 10.0. The van der Waals surface area contributed by atoms with Gasteiger partial charge in [-0.2, -0.15) is 0 Å². The second kappa shape index (κ2) is 2.98. The highest BCUT2D eigenvalue weighted by Crippen LogP contribution is 2.40. The summed E-state index contributed by atoms with van der Waals surface area (Å²) in [7, 11) is 0. The van der Waals surface area contributed by atoms with Crippen molar-refractivity contribution >= 4 is 0 Å². The van der Waals surface area contributed by atoms with E-state index in [0.29, 0.717) is 6.10 Å². The molecule has 0 radical (unpaired) electrons. The van der Waals surface area contributed by atoms with Crippen molar-refractivity contribution in [1.82, 2.24) is 0 Å². The maximum absolute atomic E-state index is 5.73. The van der Waals surface area contributed by atoms with Gasteiger partial charge in [-0.3, -0.25) is 0 Å². The van der Waals surface area contributed by atoms with E-state index in [4.69, 9.17) is 4.74 Å². The minimum Gasteiger partial charge on any atom is -0.378 e. The molecule has 3 atom stereocenters. The van der Waals surface area contributed by atoms with Crippen molar-refractivity contribution in [2.45, 2.75) is 32.3 Å². The molecule has 62 valence electrons. The average Bonchev–Trinajstić information content (AvgIpc) is 2.60. The van der Waals surface area contributed by atoms with E-state index in [1.54, 1.807) is 0 Å². The van der Waals surface area contributed by atoms with E-state index < -0.39 is 0 Å². The second-order valence-corrected chi connectivity index (χ2v) is 3.69. The van der Waals surface area contributed by atoms with Crippen LogP contribution in [0.25, 0.3) is 0 Å². The highest BCUT2D eigenvalue weighted by molar-refractivity contribution is 5.10. The molecule has 11 heavy (non-hydrogen) atoms. The van der Waals surface area contributed by atoms with Crippen molar-refractivity contribution in [2.24, 2.45) is 11.8 Å². The lowest BCUT2D eigenvalue weighted by Crippen LogP contribution is -2.18. The molecule has 0 aromatic heterocycles. The predicted molar refractivity (Wildman–Crippen MR) is 45.4 cm³/mol. The molecule has 0 amide bonds. The fraction of sp³-hybridized carbons (Fsp3) is 0.800. The highest BCUT2D eigenvalue weighted by Gasteiger charge is 2.35. The van der Waals surface area contributed by atoms with Crippen molar-refractivity contribution in [2.75, 3.05) is 6.61 Å². The molecule has 3 unspecified atom stereocenters. The van der Waals surface area contributed by atoms with Gasteiger partial charge in [-0.1, -0.05) is 19.1 Å². The zero-order valence-electron chi connectivity index (χ0n) is 7.12. The summed E-state index contributed by atoms with van der Waals surface area (Å²) >= 11 is 0. The third kappa shape index (κ3) is 1.34. The third-order valence-electron chi connectivity index (χ3n) is 2.75. The van der Waals surface area contributed by atoms with Gasteiger partial charge in [0.2, 0.25) is 0 Å². The number of hydrogen-bond acceptors (Lipinski definition) is 1. The van der Waals surface area contributed by atoms with Crippen LogP contribution in [0.15, 0.2) is 12.2 Å². The maximum Gasteiger partial charge on any atom is 0.0643 e. The summed E-state index contributed by atoms with van der Waals surface area (Å²) < 4.78 is 5.73. The quantitative estimate of drug-likeness (QED) is 0.564. The van der Waals surface area contributed by atoms with Gasteiger partial charge in [0, 0.05) is 12.5 Å². The van der Waals surface area contributed by atoms with Crippen molar-refractivity contribution in [3.05, 3.63) is 12.2 Å². The van der Waals surface area contributed by atoms with Gasteiger partial charge in [0.05, 0.1) is 6.10 Å². The Hall–Kier alpha value is -0.300. The molecule has 2 aliphatic rings. The Morgan fingerprint density at radius 2 is 2.27 bits per heavy atom. The SMILES string of the molecule is CCCOC1CC2C=CC1C2. The van der Waals surface area contributed by atoms with E-state index in [1.165, 1.54) is 12.8 Å². The van der Waals surface area contributed by atoms with Crippen LogP contribution < -0.4 is 0 Å². The Bertz CT molecular complexity index is 162. The first-order valence-electron chi connectivity index (χ1n) is 4.70. The number of allylic oxidation sites excluding steroid dienone is 1. The van der Waals surface area contributed by atoms with Crippen LogP contribution in [-0.4, -0.2) is 12.7 Å². The van der Waals surface area contributed by atoms with Gasteiger partial charge >= 0.3 is 0 Å². The van der Waals surface area contributed by atoms with Gasteiger partial charge in [0.1, 0.15) is 0 Å². The molecular formula is C10H16O. The molecule has 0 aliphatic heterocycles. The molecule has 1 fully saturated rings. The molecule has 0 heterocycles. The van der Waals surface area contributed by atoms with E-state index in [0.717, 1.165) is 24.9 Å². The van der Waals surface area contributed by atoms with Crippen molar-refractivity contribution < 1.29 is 4.74 Å². The van der Waals surface area contributed by atoms with Gasteiger partial charge in [-0.25, -0.2) is 0 Å². The van der Waals surface area contributed by atoms with Crippen LogP contribution in [0.3, 0.4) is 0 Å². The monoisotopic (exact) mass is 152 g/mol. The molecule has 0 spiro atoms. The number of ether oxygens (including phenoxy) is 1. The summed E-state index contributed by atoms with van der Waals surface area (Å²) in [6.07, 6.45) is 9.04. The smallest absolute Gasteiger partial charge is 0.0643 e. The number of rotatable bonds is 3. The highest BCUT2D eigenvalue weighted by atomic mass is 16.5. The minimum absolute atomic E-state index is 0.560. The Balaban J connectivity index is 1.84. The van der Waals surface area contributed by atoms with Gasteiger partial charge < -0.3 is 4.74 Å². The third-order valence-corrected chi connectivity index (χ3v) is 2.75. The summed E-state index contributed by atoms with van der Waals surface area (Å²) in [6, 6.07) is 0. The second-order valence-electron chi connectivity index (χ2n) is 3.69. The van der Waals surface area contributed by atoms with Gasteiger partial charge in [-0.05, 0) is 25.2 Å². The van der Waals surface area contributed by atoms with Crippen molar-refractivity contribution in [1.29, 1.82) is 0 Å². The van der Waals surface area contributed by atoms with E-state index >= 15 is 0 Å². The van der Waals surface area contributed by atoms with Gasteiger partial charge in [0.15, 0.2) is 0 Å². The van der Waals surface area contributed by atoms with Gasteiger partial charge in [0.25, 0.3) is 0 Å². The van der Waals surface area contributed by atoms with Crippen LogP contribution in [0, 0.1) is 11.8 Å². The van der Waals surface area contributed by atoms with Crippen LogP contribution in [0.2, 0.25) is 0 Å². The van der Waals surface area contributed by atoms with Gasteiger partial charge in [-0.15, -0.1) is 0 Å². The normalized spacial score (nSPS) is 40.3. The Morgan fingerprint density at radius 3 is 2.82 bits per heavy atom. The summed E-state index contributed by atoms with van der Waals surface area (Å²) in [5.41, 5.74) is 0. The molecule has 0 aromatic carbocycles. The van der Waals surface area contributed by atoms with Crippen molar-refractivity contribution in [3.8, 4) is 0 Å². The largest absolute Gasteiger partial charge is 0.378 e. The molecule has 0 saturated heterocycles. The Labute approximate surface area is 68.4 Å². The summed E-state index contributed by atoms with van der Waals surface area (Å²) in [5.74, 6) is 1.61. The first-order valence-corrected chi connectivity index (χ1v) is 4.70. The zero-order valence-corrected chi connectivity index (χ0v) is 7.12. The summed E-state index contributed by atoms with van der Waals surface area (Å²) in [6.45, 7) is 3.12. The molecule has 2 bridgehead atoms. The lowest BCUT2D eigenvalue weighted by molar-refractivity contribution is 0.0371. The van der Waals surface area contributed by atoms with Crippen LogP contribution in [-0.2, 0) is 4.74 Å². The molecule has 0 aromatic rings. The molecule has 2 aliphatic carbocycles. The van der Waals surface area contributed by atoms with E-state index in [9.17, 15) is 0 Å². The molecule has 1 saturated carbocycles. The molecule has 1 nitrogen and oxygen atoms in total. The maximum atomic E-state index is 5.73. The van der Waals surface area contributed by atoms with E-state index in [-0.39, 0.29) is 0 Å². The lowest BCUT2D eigenvalue weighted by Gasteiger charge is -2.18.